The molecule has 3 heterocycles. The van der Waals surface area contributed by atoms with Crippen molar-refractivity contribution >= 4 is 23.2 Å². The van der Waals surface area contributed by atoms with E-state index in [2.05, 4.69) is 22.5 Å². The molecule has 152 valence electrons. The number of fused-ring (bicyclic) bond motifs is 1. The zero-order valence-electron chi connectivity index (χ0n) is 16.8. The third kappa shape index (κ3) is 3.16. The third-order valence-corrected chi connectivity index (χ3v) is 6.78. The summed E-state index contributed by atoms with van der Waals surface area (Å²) in [6.07, 6.45) is 2.65. The smallest absolute Gasteiger partial charge is 0.254 e. The molecule has 7 heteroatoms. The number of rotatable bonds is 3. The van der Waals surface area contributed by atoms with E-state index in [0.717, 1.165) is 43.9 Å². The first-order valence-electron chi connectivity index (χ1n) is 10.3. The highest BCUT2D eigenvalue weighted by Crippen LogP contribution is 2.37. The summed E-state index contributed by atoms with van der Waals surface area (Å²) in [5, 5.41) is 6.47. The van der Waals surface area contributed by atoms with Crippen LogP contribution in [0.5, 0.6) is 0 Å². The molecule has 1 spiro atoms. The number of nitrogens with zero attached hydrogens (tertiary/aromatic N) is 2. The van der Waals surface area contributed by atoms with Crippen LogP contribution in [0.3, 0.4) is 0 Å². The van der Waals surface area contributed by atoms with E-state index in [-0.39, 0.29) is 11.8 Å². The zero-order valence-corrected chi connectivity index (χ0v) is 16.8. The molecule has 2 saturated heterocycles. The van der Waals surface area contributed by atoms with Gasteiger partial charge in [0.1, 0.15) is 11.1 Å². The van der Waals surface area contributed by atoms with Gasteiger partial charge in [-0.05, 0) is 44.4 Å². The van der Waals surface area contributed by atoms with Crippen LogP contribution < -0.4 is 10.6 Å². The van der Waals surface area contributed by atoms with Gasteiger partial charge in [-0.2, -0.15) is 0 Å². The van der Waals surface area contributed by atoms with Crippen molar-refractivity contribution in [3.05, 3.63) is 24.3 Å². The van der Waals surface area contributed by atoms with E-state index >= 15 is 0 Å². The molecule has 7 nitrogen and oxygen atoms in total. The van der Waals surface area contributed by atoms with Crippen LogP contribution in [0.4, 0.5) is 11.4 Å². The third-order valence-electron chi connectivity index (χ3n) is 6.78. The fourth-order valence-corrected chi connectivity index (χ4v) is 4.73. The minimum absolute atomic E-state index is 0.00370. The Labute approximate surface area is 166 Å². The number of likely N-dealkylation sites (tertiary alicyclic amines) is 2. The van der Waals surface area contributed by atoms with Crippen LogP contribution in [0.1, 0.15) is 32.6 Å². The lowest BCUT2D eigenvalue weighted by Crippen LogP contribution is -2.62. The van der Waals surface area contributed by atoms with Crippen molar-refractivity contribution in [3.63, 3.8) is 0 Å². The molecule has 3 aliphatic rings. The molecule has 0 atom stereocenters. The summed E-state index contributed by atoms with van der Waals surface area (Å²) in [5.74, 6) is 0.0771. The number of hydrogen-bond acceptors (Lipinski definition) is 5. The maximum Gasteiger partial charge on any atom is 0.254 e. The molecule has 2 amide bonds. The van der Waals surface area contributed by atoms with Crippen molar-refractivity contribution < 1.29 is 14.3 Å². The molecule has 28 heavy (non-hydrogen) atoms. The SMILES string of the molecule is CCN1CCC(OC)(C(=O)N2CCC3(CC2)Nc2ccccc2NC3=O)CC1. The van der Waals surface area contributed by atoms with E-state index in [1.165, 1.54) is 0 Å². The molecule has 2 fully saturated rings. The van der Waals surface area contributed by atoms with Gasteiger partial charge < -0.3 is 25.2 Å². The van der Waals surface area contributed by atoms with Gasteiger partial charge in [0.25, 0.3) is 5.91 Å². The number of hydrogen-bond donors (Lipinski definition) is 2. The Kier molecular flexibility index (Phi) is 5.05. The van der Waals surface area contributed by atoms with E-state index in [0.29, 0.717) is 25.9 Å². The van der Waals surface area contributed by atoms with Gasteiger partial charge in [-0.1, -0.05) is 19.1 Å². The van der Waals surface area contributed by atoms with Gasteiger partial charge in [0.2, 0.25) is 5.91 Å². The van der Waals surface area contributed by atoms with Gasteiger partial charge in [0.05, 0.1) is 11.4 Å². The van der Waals surface area contributed by atoms with Crippen LogP contribution >= 0.6 is 0 Å². The highest BCUT2D eigenvalue weighted by Gasteiger charge is 2.49. The van der Waals surface area contributed by atoms with Gasteiger partial charge in [-0.25, -0.2) is 0 Å². The van der Waals surface area contributed by atoms with Gasteiger partial charge in [0.15, 0.2) is 0 Å². The number of carbonyl (C=O) groups excluding carboxylic acids is 2. The highest BCUT2D eigenvalue weighted by atomic mass is 16.5. The van der Waals surface area contributed by atoms with Crippen LogP contribution in [0.15, 0.2) is 24.3 Å². The average Bonchev–Trinajstić information content (AvgIpc) is 2.74. The molecule has 0 radical (unpaired) electrons. The number of carbonyl (C=O) groups is 2. The summed E-state index contributed by atoms with van der Waals surface area (Å²) in [7, 11) is 1.65. The number of methoxy groups -OCH3 is 1. The van der Waals surface area contributed by atoms with Gasteiger partial charge in [0, 0.05) is 33.3 Å². The lowest BCUT2D eigenvalue weighted by molar-refractivity contribution is -0.163. The Balaban J connectivity index is 1.44. The maximum atomic E-state index is 13.3. The summed E-state index contributed by atoms with van der Waals surface area (Å²) < 4.78 is 5.78. The maximum absolute atomic E-state index is 13.3. The van der Waals surface area contributed by atoms with E-state index in [1.54, 1.807) is 7.11 Å². The summed E-state index contributed by atoms with van der Waals surface area (Å²) in [6, 6.07) is 7.75. The minimum Gasteiger partial charge on any atom is -0.369 e. The second kappa shape index (κ2) is 7.37. The number of benzene rings is 1. The summed E-state index contributed by atoms with van der Waals surface area (Å²) in [6.45, 7) is 6.03. The molecule has 1 aromatic carbocycles. The van der Waals surface area contributed by atoms with E-state index in [4.69, 9.17) is 4.74 Å². The number of piperidine rings is 2. The Morgan fingerprint density at radius 2 is 1.71 bits per heavy atom. The van der Waals surface area contributed by atoms with Gasteiger partial charge >= 0.3 is 0 Å². The number of para-hydroxylation sites is 2. The molecule has 3 aliphatic heterocycles. The minimum atomic E-state index is -0.717. The highest BCUT2D eigenvalue weighted by molar-refractivity contribution is 6.06. The van der Waals surface area contributed by atoms with Crippen LogP contribution in [-0.2, 0) is 14.3 Å². The predicted octanol–water partition coefficient (Wildman–Crippen LogP) is 1.91. The Morgan fingerprint density at radius 1 is 1.07 bits per heavy atom. The second-order valence-corrected chi connectivity index (χ2v) is 8.13. The van der Waals surface area contributed by atoms with Gasteiger partial charge in [-0.3, -0.25) is 9.59 Å². The lowest BCUT2D eigenvalue weighted by Gasteiger charge is -2.47. The first-order chi connectivity index (χ1) is 13.5. The first kappa shape index (κ1) is 19.2. The Bertz CT molecular complexity index is 750. The lowest BCUT2D eigenvalue weighted by atomic mass is 9.82. The molecular formula is C21H30N4O3. The topological polar surface area (TPSA) is 73.9 Å². The van der Waals surface area contributed by atoms with Crippen LogP contribution in [0.25, 0.3) is 0 Å². The van der Waals surface area contributed by atoms with Crippen LogP contribution in [-0.4, -0.2) is 72.6 Å². The average molecular weight is 386 g/mol. The van der Waals surface area contributed by atoms with E-state index in [1.807, 2.05) is 29.2 Å². The van der Waals surface area contributed by atoms with Crippen molar-refractivity contribution in [2.45, 2.75) is 43.7 Å². The number of nitrogens with one attached hydrogen (secondary N) is 2. The monoisotopic (exact) mass is 386 g/mol. The van der Waals surface area contributed by atoms with Crippen LogP contribution in [0.2, 0.25) is 0 Å². The van der Waals surface area contributed by atoms with Gasteiger partial charge in [-0.15, -0.1) is 0 Å². The zero-order chi connectivity index (χ0) is 19.8. The molecule has 0 saturated carbocycles. The standard InChI is InChI=1S/C21H30N4O3/c1-3-24-12-10-21(28-2,11-13-24)19(27)25-14-8-20(9-15-25)18(26)22-16-6-4-5-7-17(16)23-20/h4-7,23H,3,8-15H2,1-2H3,(H,22,26). The molecule has 1 aromatic rings. The number of amides is 2. The number of anilines is 2. The van der Waals surface area contributed by atoms with E-state index < -0.39 is 11.1 Å². The fourth-order valence-electron chi connectivity index (χ4n) is 4.73. The van der Waals surface area contributed by atoms with Crippen molar-refractivity contribution in [1.82, 2.24) is 9.80 Å². The predicted molar refractivity (Wildman–Crippen MR) is 108 cm³/mol. The quantitative estimate of drug-likeness (QED) is 0.830. The molecule has 4 rings (SSSR count). The normalized spacial score (nSPS) is 23.6. The van der Waals surface area contributed by atoms with Crippen LogP contribution in [0, 0.1) is 0 Å². The summed E-state index contributed by atoms with van der Waals surface area (Å²) in [4.78, 5) is 30.4. The second-order valence-electron chi connectivity index (χ2n) is 8.13. The Hall–Kier alpha value is -2.12. The molecule has 0 unspecified atom stereocenters. The largest absolute Gasteiger partial charge is 0.369 e. The Morgan fingerprint density at radius 3 is 2.32 bits per heavy atom. The summed E-state index contributed by atoms with van der Waals surface area (Å²) >= 11 is 0. The molecule has 0 bridgehead atoms. The molecule has 2 N–H and O–H groups in total. The van der Waals surface area contributed by atoms with Crippen molar-refractivity contribution in [2.75, 3.05) is 50.5 Å². The summed E-state index contributed by atoms with van der Waals surface area (Å²) in [5.41, 5.74) is 0.405. The first-order valence-corrected chi connectivity index (χ1v) is 10.3. The van der Waals surface area contributed by atoms with E-state index in [9.17, 15) is 9.59 Å². The van der Waals surface area contributed by atoms with Crippen molar-refractivity contribution in [1.29, 1.82) is 0 Å². The molecule has 0 aliphatic carbocycles. The molecule has 0 aromatic heterocycles. The fraction of sp³-hybridized carbons (Fsp3) is 0.619. The number of ether oxygens (including phenoxy) is 1. The van der Waals surface area contributed by atoms with Crippen molar-refractivity contribution in [3.8, 4) is 0 Å². The molecular weight excluding hydrogens is 356 g/mol. The van der Waals surface area contributed by atoms with Crippen molar-refractivity contribution in [2.24, 2.45) is 0 Å².